The third kappa shape index (κ3) is 4.29. The van der Waals surface area contributed by atoms with E-state index in [4.69, 9.17) is 0 Å². The smallest absolute Gasteiger partial charge is 0.299 e. The van der Waals surface area contributed by atoms with Gasteiger partial charge < -0.3 is 0 Å². The Hall–Kier alpha value is -0.540. The molecule has 0 radical (unpaired) electrons. The summed E-state index contributed by atoms with van der Waals surface area (Å²) in [7, 11) is 0. The third-order valence-electron chi connectivity index (χ3n) is 1.83. The van der Waals surface area contributed by atoms with Gasteiger partial charge in [-0.1, -0.05) is 27.7 Å². The summed E-state index contributed by atoms with van der Waals surface area (Å²) in [4.78, 5) is 11.3. The zero-order chi connectivity index (χ0) is 10.9. The lowest BCUT2D eigenvalue weighted by Gasteiger charge is -2.26. The second kappa shape index (κ2) is 3.68. The van der Waals surface area contributed by atoms with Gasteiger partial charge in [-0.15, -0.1) is 0 Å². The van der Waals surface area contributed by atoms with E-state index in [1.54, 1.807) is 13.8 Å². The van der Waals surface area contributed by atoms with Gasteiger partial charge in [-0.25, -0.2) is 0 Å². The Morgan fingerprint density at radius 1 is 1.23 bits per heavy atom. The first-order chi connectivity index (χ1) is 5.56. The van der Waals surface area contributed by atoms with Crippen molar-refractivity contribution < 1.29 is 18.0 Å². The Morgan fingerprint density at radius 2 is 1.62 bits per heavy atom. The summed E-state index contributed by atoms with van der Waals surface area (Å²) in [6.45, 7) is 5.90. The number of carbonyl (C=O) groups excluding carboxylic acids is 1. The van der Waals surface area contributed by atoms with Crippen LogP contribution in [-0.2, 0) is 4.79 Å². The molecule has 0 unspecified atom stereocenters. The lowest BCUT2D eigenvalue weighted by Crippen LogP contribution is -2.33. The van der Waals surface area contributed by atoms with Gasteiger partial charge in [0.15, 0.2) is 0 Å². The SMILES string of the molecule is CC(C)C(=O)C(C)(C)CC(F)(F)F. The fourth-order valence-corrected chi connectivity index (χ4v) is 1.37. The largest absolute Gasteiger partial charge is 0.390 e. The van der Waals surface area contributed by atoms with Crippen LogP contribution in [0.15, 0.2) is 0 Å². The van der Waals surface area contributed by atoms with Gasteiger partial charge in [0.2, 0.25) is 0 Å². The summed E-state index contributed by atoms with van der Waals surface area (Å²) in [5, 5.41) is 0. The number of Topliss-reactive ketones (excluding diaryl/α,β-unsaturated/α-hetero) is 1. The molecule has 0 fully saturated rings. The number of ketones is 1. The summed E-state index contributed by atoms with van der Waals surface area (Å²) in [6.07, 6.45) is -5.31. The van der Waals surface area contributed by atoms with Gasteiger partial charge in [0.1, 0.15) is 5.78 Å². The number of halogens is 3. The molecule has 0 spiro atoms. The number of rotatable bonds is 3. The first-order valence-electron chi connectivity index (χ1n) is 4.17. The number of hydrogen-bond acceptors (Lipinski definition) is 1. The van der Waals surface area contributed by atoms with Gasteiger partial charge >= 0.3 is 6.18 Å². The van der Waals surface area contributed by atoms with Crippen LogP contribution in [0.3, 0.4) is 0 Å². The fourth-order valence-electron chi connectivity index (χ4n) is 1.37. The summed E-state index contributed by atoms with van der Waals surface area (Å²) >= 11 is 0. The number of hydrogen-bond donors (Lipinski definition) is 0. The monoisotopic (exact) mass is 196 g/mol. The van der Waals surface area contributed by atoms with E-state index in [0.29, 0.717) is 0 Å². The molecule has 0 atom stereocenters. The molecule has 0 rings (SSSR count). The van der Waals surface area contributed by atoms with Crippen molar-refractivity contribution in [3.05, 3.63) is 0 Å². The van der Waals surface area contributed by atoms with Crippen LogP contribution >= 0.6 is 0 Å². The Kier molecular flexibility index (Phi) is 3.53. The Balaban J connectivity index is 4.49. The average molecular weight is 196 g/mol. The van der Waals surface area contributed by atoms with Crippen LogP contribution in [0.5, 0.6) is 0 Å². The number of alkyl halides is 3. The van der Waals surface area contributed by atoms with Crippen molar-refractivity contribution in [3.8, 4) is 0 Å². The van der Waals surface area contributed by atoms with Crippen molar-refractivity contribution >= 4 is 5.78 Å². The van der Waals surface area contributed by atoms with Crippen LogP contribution < -0.4 is 0 Å². The van der Waals surface area contributed by atoms with Crippen molar-refractivity contribution in [2.75, 3.05) is 0 Å². The van der Waals surface area contributed by atoms with Gasteiger partial charge in [0.05, 0.1) is 6.42 Å². The molecule has 13 heavy (non-hydrogen) atoms. The van der Waals surface area contributed by atoms with Gasteiger partial charge in [-0.2, -0.15) is 13.2 Å². The Labute approximate surface area is 76.3 Å². The van der Waals surface area contributed by atoms with E-state index in [9.17, 15) is 18.0 Å². The molecule has 0 aromatic carbocycles. The molecule has 0 amide bonds. The molecule has 0 heterocycles. The standard InChI is InChI=1S/C9H15F3O/c1-6(2)7(13)8(3,4)5-9(10,11)12/h6H,5H2,1-4H3. The van der Waals surface area contributed by atoms with Gasteiger partial charge in [-0.05, 0) is 0 Å². The summed E-state index contributed by atoms with van der Waals surface area (Å²) in [5.74, 6) is -0.692. The van der Waals surface area contributed by atoms with Crippen molar-refractivity contribution in [2.24, 2.45) is 11.3 Å². The minimum absolute atomic E-state index is 0.343. The molecule has 0 aromatic rings. The summed E-state index contributed by atoms with van der Waals surface area (Å²) < 4.78 is 36.1. The molecule has 0 N–H and O–H groups in total. The molecule has 0 aliphatic rings. The van der Waals surface area contributed by atoms with E-state index in [2.05, 4.69) is 0 Å². The van der Waals surface area contributed by atoms with Crippen LogP contribution in [0.1, 0.15) is 34.1 Å². The van der Waals surface area contributed by atoms with Crippen molar-refractivity contribution in [1.29, 1.82) is 0 Å². The summed E-state index contributed by atoms with van der Waals surface area (Å²) in [5.41, 5.74) is -1.30. The predicted molar refractivity (Wildman–Crippen MR) is 44.3 cm³/mol. The van der Waals surface area contributed by atoms with Crippen LogP contribution in [0, 0.1) is 11.3 Å². The minimum Gasteiger partial charge on any atom is -0.299 e. The predicted octanol–water partition coefficient (Wildman–Crippen LogP) is 3.19. The van der Waals surface area contributed by atoms with E-state index < -0.39 is 18.0 Å². The van der Waals surface area contributed by atoms with E-state index in [-0.39, 0.29) is 11.7 Å². The Morgan fingerprint density at radius 3 is 1.85 bits per heavy atom. The highest BCUT2D eigenvalue weighted by atomic mass is 19.4. The topological polar surface area (TPSA) is 17.1 Å². The van der Waals surface area contributed by atoms with Crippen LogP contribution in [0.2, 0.25) is 0 Å². The fraction of sp³-hybridized carbons (Fsp3) is 0.889. The average Bonchev–Trinajstić information content (AvgIpc) is 1.80. The molecule has 0 aromatic heterocycles. The van der Waals surface area contributed by atoms with E-state index in [1.165, 1.54) is 13.8 Å². The maximum absolute atomic E-state index is 12.0. The van der Waals surface area contributed by atoms with Gasteiger partial charge in [0, 0.05) is 11.3 Å². The molecule has 0 saturated carbocycles. The quantitative estimate of drug-likeness (QED) is 0.677. The van der Waals surface area contributed by atoms with Crippen LogP contribution in [-0.4, -0.2) is 12.0 Å². The van der Waals surface area contributed by atoms with Crippen LogP contribution in [0.25, 0.3) is 0 Å². The molecule has 0 aliphatic heterocycles. The first-order valence-corrected chi connectivity index (χ1v) is 4.17. The zero-order valence-corrected chi connectivity index (χ0v) is 8.33. The minimum atomic E-state index is -4.27. The second-order valence-corrected chi connectivity index (χ2v) is 4.19. The lowest BCUT2D eigenvalue weighted by molar-refractivity contribution is -0.165. The molecular weight excluding hydrogens is 181 g/mol. The third-order valence-corrected chi connectivity index (χ3v) is 1.83. The van der Waals surface area contributed by atoms with Crippen molar-refractivity contribution in [2.45, 2.75) is 40.3 Å². The highest BCUT2D eigenvalue weighted by molar-refractivity contribution is 5.85. The molecule has 78 valence electrons. The van der Waals surface area contributed by atoms with E-state index in [0.717, 1.165) is 0 Å². The van der Waals surface area contributed by atoms with Gasteiger partial charge in [-0.3, -0.25) is 4.79 Å². The maximum atomic E-state index is 12.0. The second-order valence-electron chi connectivity index (χ2n) is 4.19. The molecule has 1 nitrogen and oxygen atoms in total. The molecule has 4 heteroatoms. The van der Waals surface area contributed by atoms with Gasteiger partial charge in [0.25, 0.3) is 0 Å². The van der Waals surface area contributed by atoms with E-state index >= 15 is 0 Å². The highest BCUT2D eigenvalue weighted by Gasteiger charge is 2.41. The van der Waals surface area contributed by atoms with Crippen LogP contribution in [0.4, 0.5) is 13.2 Å². The maximum Gasteiger partial charge on any atom is 0.390 e. The highest BCUT2D eigenvalue weighted by Crippen LogP contribution is 2.35. The van der Waals surface area contributed by atoms with Crippen molar-refractivity contribution in [3.63, 3.8) is 0 Å². The molecule has 0 bridgehead atoms. The Bertz CT molecular complexity index is 192. The summed E-state index contributed by atoms with van der Waals surface area (Å²) in [6, 6.07) is 0. The lowest BCUT2D eigenvalue weighted by atomic mass is 9.79. The first kappa shape index (κ1) is 12.5. The normalized spacial score (nSPS) is 13.5. The van der Waals surface area contributed by atoms with Crippen molar-refractivity contribution in [1.82, 2.24) is 0 Å². The molecular formula is C9H15F3O. The van der Waals surface area contributed by atoms with E-state index in [1.807, 2.05) is 0 Å². The zero-order valence-electron chi connectivity index (χ0n) is 8.33. The molecule has 0 aliphatic carbocycles. The number of carbonyl (C=O) groups is 1. The molecule has 0 saturated heterocycles.